The van der Waals surface area contributed by atoms with Crippen LogP contribution in [-0.4, -0.2) is 67.4 Å². The average Bonchev–Trinajstić information content (AvgIpc) is 3.29. The second-order valence-electron chi connectivity index (χ2n) is 9.42. The number of benzene rings is 2. The van der Waals surface area contributed by atoms with Crippen molar-refractivity contribution in [2.24, 2.45) is 0 Å². The number of aromatic nitrogens is 2. The molecule has 196 valence electrons. The standard InChI is InChI=1S/C26H36N4O5S/c1-26(2,31)24-17-25(27-30(24)16-15-28(3)4)36(32,33)29(18-20-7-11-22(34-5)12-8-20)19-21-9-13-23(35-6)14-10-21/h7-14,17,31H,15-16,18-19H2,1-6H3. The van der Waals surface area contributed by atoms with Crippen LogP contribution < -0.4 is 9.47 Å². The van der Waals surface area contributed by atoms with Crippen LogP contribution >= 0.6 is 0 Å². The molecule has 1 aromatic heterocycles. The number of nitrogens with zero attached hydrogens (tertiary/aromatic N) is 4. The summed E-state index contributed by atoms with van der Waals surface area (Å²) in [6.07, 6.45) is 0. The van der Waals surface area contributed by atoms with Crippen LogP contribution in [0.4, 0.5) is 0 Å². The van der Waals surface area contributed by atoms with Gasteiger partial charge in [-0.3, -0.25) is 4.68 Å². The van der Waals surface area contributed by atoms with Crippen LogP contribution in [0.15, 0.2) is 59.6 Å². The third kappa shape index (κ3) is 6.85. The van der Waals surface area contributed by atoms with Gasteiger partial charge in [0.25, 0.3) is 10.0 Å². The van der Waals surface area contributed by atoms with Crippen LogP contribution in [-0.2, 0) is 35.3 Å². The maximum absolute atomic E-state index is 13.9. The lowest BCUT2D eigenvalue weighted by Crippen LogP contribution is -2.31. The fourth-order valence-electron chi connectivity index (χ4n) is 3.70. The van der Waals surface area contributed by atoms with E-state index in [4.69, 9.17) is 9.47 Å². The Morgan fingerprint density at radius 2 is 1.39 bits per heavy atom. The van der Waals surface area contributed by atoms with Gasteiger partial charge in [0, 0.05) is 25.7 Å². The van der Waals surface area contributed by atoms with E-state index in [0.717, 1.165) is 11.1 Å². The number of hydrogen-bond donors (Lipinski definition) is 1. The minimum Gasteiger partial charge on any atom is -0.497 e. The van der Waals surface area contributed by atoms with Gasteiger partial charge in [-0.25, -0.2) is 8.42 Å². The first-order valence-electron chi connectivity index (χ1n) is 11.7. The third-order valence-corrected chi connectivity index (χ3v) is 7.45. The predicted molar refractivity (Wildman–Crippen MR) is 138 cm³/mol. The maximum Gasteiger partial charge on any atom is 0.263 e. The predicted octanol–water partition coefficient (Wildman–Crippen LogP) is 3.08. The molecular weight excluding hydrogens is 480 g/mol. The second kappa shape index (κ2) is 11.4. The summed E-state index contributed by atoms with van der Waals surface area (Å²) in [5.41, 5.74) is 0.797. The first-order chi connectivity index (χ1) is 16.9. The monoisotopic (exact) mass is 516 g/mol. The van der Waals surface area contributed by atoms with Crippen LogP contribution in [0.3, 0.4) is 0 Å². The van der Waals surface area contributed by atoms with Gasteiger partial charge in [0.2, 0.25) is 0 Å². The highest BCUT2D eigenvalue weighted by Gasteiger charge is 2.32. The summed E-state index contributed by atoms with van der Waals surface area (Å²) >= 11 is 0. The van der Waals surface area contributed by atoms with Crippen molar-refractivity contribution in [1.82, 2.24) is 19.0 Å². The normalized spacial score (nSPS) is 12.4. The highest BCUT2D eigenvalue weighted by Crippen LogP contribution is 2.27. The molecule has 0 aliphatic heterocycles. The molecule has 9 nitrogen and oxygen atoms in total. The minimum atomic E-state index is -4.02. The molecule has 0 aliphatic rings. The van der Waals surface area contributed by atoms with Gasteiger partial charge in [-0.2, -0.15) is 9.40 Å². The zero-order chi connectivity index (χ0) is 26.5. The lowest BCUT2D eigenvalue weighted by Gasteiger charge is -2.21. The Morgan fingerprint density at radius 1 is 0.917 bits per heavy atom. The van der Waals surface area contributed by atoms with Crippen LogP contribution in [0.2, 0.25) is 0 Å². The van der Waals surface area contributed by atoms with E-state index in [9.17, 15) is 13.5 Å². The van der Waals surface area contributed by atoms with Crippen LogP contribution in [0.25, 0.3) is 0 Å². The number of sulfonamides is 1. The summed E-state index contributed by atoms with van der Waals surface area (Å²) in [5.74, 6) is 1.38. The topological polar surface area (TPSA) is 97.1 Å². The number of likely N-dealkylation sites (N-methyl/N-ethyl adjacent to an activating group) is 1. The number of ether oxygens (including phenoxy) is 2. The van der Waals surface area contributed by atoms with Crippen LogP contribution in [0, 0.1) is 0 Å². The van der Waals surface area contributed by atoms with E-state index in [0.29, 0.717) is 30.3 Å². The highest BCUT2D eigenvalue weighted by molar-refractivity contribution is 7.89. The second-order valence-corrected chi connectivity index (χ2v) is 11.3. The molecule has 2 aromatic carbocycles. The van der Waals surface area contributed by atoms with E-state index in [1.54, 1.807) is 57.0 Å². The van der Waals surface area contributed by atoms with Crippen molar-refractivity contribution in [1.29, 1.82) is 0 Å². The fraction of sp³-hybridized carbons (Fsp3) is 0.423. The number of hydrogen-bond acceptors (Lipinski definition) is 7. The van der Waals surface area contributed by atoms with Crippen molar-refractivity contribution in [3.8, 4) is 11.5 Å². The molecule has 0 unspecified atom stereocenters. The minimum absolute atomic E-state index is 0.0968. The molecule has 1 heterocycles. The molecule has 10 heteroatoms. The Bertz CT molecular complexity index is 1180. The van der Waals surface area contributed by atoms with Crippen LogP contribution in [0.5, 0.6) is 11.5 Å². The summed E-state index contributed by atoms with van der Waals surface area (Å²) in [5, 5.41) is 15.1. The smallest absolute Gasteiger partial charge is 0.263 e. The van der Waals surface area contributed by atoms with Gasteiger partial charge in [0.1, 0.15) is 17.1 Å². The number of aliphatic hydroxyl groups is 1. The van der Waals surface area contributed by atoms with Crippen molar-refractivity contribution in [3.63, 3.8) is 0 Å². The molecule has 0 bridgehead atoms. The van der Waals surface area contributed by atoms with E-state index < -0.39 is 15.6 Å². The SMILES string of the molecule is COc1ccc(CN(Cc2ccc(OC)cc2)S(=O)(=O)c2cc(C(C)(C)O)n(CCN(C)C)n2)cc1. The van der Waals surface area contributed by atoms with Crippen molar-refractivity contribution >= 4 is 10.0 Å². The molecule has 0 fully saturated rings. The molecule has 3 aromatic rings. The van der Waals surface area contributed by atoms with Gasteiger partial charge in [-0.05, 0) is 63.3 Å². The molecular formula is C26H36N4O5S. The fourth-order valence-corrected chi connectivity index (χ4v) is 5.07. The molecule has 1 N–H and O–H groups in total. The summed E-state index contributed by atoms with van der Waals surface area (Å²) in [6.45, 7) is 4.62. The van der Waals surface area contributed by atoms with Gasteiger partial charge in [0.15, 0.2) is 5.03 Å². The van der Waals surface area contributed by atoms with Crippen LogP contribution in [0.1, 0.15) is 30.7 Å². The van der Waals surface area contributed by atoms with E-state index in [2.05, 4.69) is 5.10 Å². The van der Waals surface area contributed by atoms with E-state index in [1.807, 2.05) is 43.3 Å². The molecule has 0 atom stereocenters. The number of rotatable bonds is 12. The van der Waals surface area contributed by atoms with Gasteiger partial charge < -0.3 is 19.5 Å². The zero-order valence-electron chi connectivity index (χ0n) is 21.8. The molecule has 36 heavy (non-hydrogen) atoms. The summed E-state index contributed by atoms with van der Waals surface area (Å²) in [7, 11) is 3.01. The molecule has 0 saturated carbocycles. The Kier molecular flexibility index (Phi) is 8.78. The zero-order valence-corrected chi connectivity index (χ0v) is 22.6. The van der Waals surface area contributed by atoms with Gasteiger partial charge >= 0.3 is 0 Å². The van der Waals surface area contributed by atoms with E-state index in [-0.39, 0.29) is 18.1 Å². The Balaban J connectivity index is 2.01. The molecule has 0 radical (unpaired) electrons. The average molecular weight is 517 g/mol. The summed E-state index contributed by atoms with van der Waals surface area (Å²) in [6, 6.07) is 16.0. The lowest BCUT2D eigenvalue weighted by atomic mass is 10.1. The van der Waals surface area contributed by atoms with E-state index >= 15 is 0 Å². The maximum atomic E-state index is 13.9. The Hall–Kier alpha value is -2.92. The Morgan fingerprint density at radius 3 is 1.78 bits per heavy atom. The first kappa shape index (κ1) is 27.7. The Labute approximate surface area is 213 Å². The van der Waals surface area contributed by atoms with Gasteiger partial charge in [0.05, 0.1) is 26.5 Å². The highest BCUT2D eigenvalue weighted by atomic mass is 32.2. The molecule has 3 rings (SSSR count). The first-order valence-corrected chi connectivity index (χ1v) is 13.1. The quantitative estimate of drug-likeness (QED) is 0.395. The molecule has 0 saturated heterocycles. The summed E-state index contributed by atoms with van der Waals surface area (Å²) in [4.78, 5) is 1.98. The summed E-state index contributed by atoms with van der Waals surface area (Å²) < 4.78 is 41.3. The molecule has 0 amide bonds. The third-order valence-electron chi connectivity index (χ3n) is 5.78. The van der Waals surface area contributed by atoms with Gasteiger partial charge in [-0.15, -0.1) is 0 Å². The lowest BCUT2D eigenvalue weighted by molar-refractivity contribution is 0.0678. The van der Waals surface area contributed by atoms with Crippen molar-refractivity contribution < 1.29 is 23.0 Å². The van der Waals surface area contributed by atoms with Gasteiger partial charge in [-0.1, -0.05) is 24.3 Å². The number of methoxy groups -OCH3 is 2. The van der Waals surface area contributed by atoms with E-state index in [1.165, 1.54) is 10.4 Å². The van der Waals surface area contributed by atoms with Crippen molar-refractivity contribution in [2.45, 2.75) is 44.1 Å². The molecule has 0 aliphatic carbocycles. The molecule has 0 spiro atoms. The largest absolute Gasteiger partial charge is 0.497 e. The van der Waals surface area contributed by atoms with Crippen molar-refractivity contribution in [2.75, 3.05) is 34.9 Å². The van der Waals surface area contributed by atoms with Crippen molar-refractivity contribution in [3.05, 3.63) is 71.4 Å².